The van der Waals surface area contributed by atoms with Gasteiger partial charge < -0.3 is 20.9 Å². The molecule has 1 aromatic rings. The fourth-order valence-electron chi connectivity index (χ4n) is 1.18. The van der Waals surface area contributed by atoms with Gasteiger partial charge in [0.2, 0.25) is 0 Å². The predicted octanol–water partition coefficient (Wildman–Crippen LogP) is 1.16. The summed E-state index contributed by atoms with van der Waals surface area (Å²) in [5.41, 5.74) is 5.48. The molecule has 0 amide bonds. The van der Waals surface area contributed by atoms with Crippen LogP contribution in [0, 0.1) is 5.82 Å². The van der Waals surface area contributed by atoms with Gasteiger partial charge in [-0.3, -0.25) is 0 Å². The summed E-state index contributed by atoms with van der Waals surface area (Å²) in [4.78, 5) is 10.7. The second-order valence-electron chi connectivity index (χ2n) is 3.14. The Bertz CT molecular complexity index is 396. The number of hydrogen-bond acceptors (Lipinski definition) is 4. The number of anilines is 2. The van der Waals surface area contributed by atoms with Gasteiger partial charge in [0.25, 0.3) is 0 Å². The molecule has 0 saturated carbocycles. The molecule has 88 valence electrons. The second-order valence-corrected chi connectivity index (χ2v) is 3.14. The SMILES string of the molecule is COCCNc1cc(C(=O)O)cc(F)c1N. The molecular formula is C10H13FN2O3. The summed E-state index contributed by atoms with van der Waals surface area (Å²) in [7, 11) is 1.53. The number of aromatic carboxylic acids is 1. The van der Waals surface area contributed by atoms with E-state index in [1.54, 1.807) is 0 Å². The number of nitrogen functional groups attached to an aromatic ring is 1. The third-order valence-corrected chi connectivity index (χ3v) is 2.00. The molecule has 0 aromatic heterocycles. The highest BCUT2D eigenvalue weighted by molar-refractivity contribution is 5.90. The van der Waals surface area contributed by atoms with Crippen LogP contribution in [-0.2, 0) is 4.74 Å². The predicted molar refractivity (Wildman–Crippen MR) is 58.1 cm³/mol. The van der Waals surface area contributed by atoms with Crippen LogP contribution in [0.5, 0.6) is 0 Å². The lowest BCUT2D eigenvalue weighted by Gasteiger charge is -2.10. The van der Waals surface area contributed by atoms with Crippen molar-refractivity contribution in [2.45, 2.75) is 0 Å². The molecule has 0 unspecified atom stereocenters. The molecule has 5 nitrogen and oxygen atoms in total. The van der Waals surface area contributed by atoms with E-state index in [-0.39, 0.29) is 16.9 Å². The largest absolute Gasteiger partial charge is 0.478 e. The Balaban J connectivity index is 2.93. The molecule has 4 N–H and O–H groups in total. The zero-order chi connectivity index (χ0) is 12.1. The van der Waals surface area contributed by atoms with Gasteiger partial charge in [-0.25, -0.2) is 9.18 Å². The van der Waals surface area contributed by atoms with Crippen LogP contribution in [0.15, 0.2) is 12.1 Å². The Morgan fingerprint density at radius 1 is 1.62 bits per heavy atom. The van der Waals surface area contributed by atoms with Crippen LogP contribution in [0.3, 0.4) is 0 Å². The lowest BCUT2D eigenvalue weighted by Crippen LogP contribution is -2.11. The van der Waals surface area contributed by atoms with Gasteiger partial charge >= 0.3 is 5.97 Å². The standard InChI is InChI=1S/C10H13FN2O3/c1-16-3-2-13-8-5-6(10(14)15)4-7(11)9(8)12/h4-5,13H,2-3,12H2,1H3,(H,14,15). The van der Waals surface area contributed by atoms with Crippen LogP contribution in [0.25, 0.3) is 0 Å². The van der Waals surface area contributed by atoms with Crippen LogP contribution >= 0.6 is 0 Å². The number of halogens is 1. The molecule has 0 aliphatic rings. The highest BCUT2D eigenvalue weighted by atomic mass is 19.1. The number of benzene rings is 1. The summed E-state index contributed by atoms with van der Waals surface area (Å²) < 4.78 is 18.0. The molecule has 1 aromatic carbocycles. The summed E-state index contributed by atoms with van der Waals surface area (Å²) in [6.07, 6.45) is 0. The van der Waals surface area contributed by atoms with Gasteiger partial charge in [-0.05, 0) is 12.1 Å². The van der Waals surface area contributed by atoms with E-state index >= 15 is 0 Å². The van der Waals surface area contributed by atoms with Gasteiger partial charge in [-0.15, -0.1) is 0 Å². The molecular weight excluding hydrogens is 215 g/mol. The number of carboxylic acids is 1. The molecule has 0 fully saturated rings. The fourth-order valence-corrected chi connectivity index (χ4v) is 1.18. The lowest BCUT2D eigenvalue weighted by molar-refractivity contribution is 0.0696. The summed E-state index contributed by atoms with van der Waals surface area (Å²) >= 11 is 0. The molecule has 0 atom stereocenters. The Morgan fingerprint density at radius 3 is 2.88 bits per heavy atom. The molecule has 1 rings (SSSR count). The number of ether oxygens (including phenoxy) is 1. The van der Waals surface area contributed by atoms with Crippen LogP contribution < -0.4 is 11.1 Å². The molecule has 0 saturated heterocycles. The Morgan fingerprint density at radius 2 is 2.31 bits per heavy atom. The maximum atomic E-state index is 13.2. The van der Waals surface area contributed by atoms with Gasteiger partial charge in [0, 0.05) is 13.7 Å². The van der Waals surface area contributed by atoms with E-state index in [1.165, 1.54) is 13.2 Å². The second kappa shape index (κ2) is 5.32. The number of carboxylic acid groups (broad SMARTS) is 1. The van der Waals surface area contributed by atoms with Crippen molar-refractivity contribution in [1.29, 1.82) is 0 Å². The number of rotatable bonds is 5. The zero-order valence-corrected chi connectivity index (χ0v) is 8.79. The summed E-state index contributed by atoms with van der Waals surface area (Å²) in [6.45, 7) is 0.835. The third kappa shape index (κ3) is 2.83. The molecule has 16 heavy (non-hydrogen) atoms. The van der Waals surface area contributed by atoms with Crippen molar-refractivity contribution in [3.63, 3.8) is 0 Å². The average Bonchev–Trinajstić information content (AvgIpc) is 2.24. The van der Waals surface area contributed by atoms with Crippen molar-refractivity contribution in [1.82, 2.24) is 0 Å². The minimum absolute atomic E-state index is 0.0962. The highest BCUT2D eigenvalue weighted by Gasteiger charge is 2.11. The maximum Gasteiger partial charge on any atom is 0.335 e. The zero-order valence-electron chi connectivity index (χ0n) is 8.79. The summed E-state index contributed by atoms with van der Waals surface area (Å²) in [5.74, 6) is -1.95. The van der Waals surface area contributed by atoms with Crippen LogP contribution in [0.2, 0.25) is 0 Å². The van der Waals surface area contributed by atoms with Crippen molar-refractivity contribution in [2.24, 2.45) is 0 Å². The molecule has 6 heteroatoms. The van der Waals surface area contributed by atoms with Gasteiger partial charge in [0.15, 0.2) is 0 Å². The van der Waals surface area contributed by atoms with Gasteiger partial charge in [0.05, 0.1) is 23.5 Å². The summed E-state index contributed by atoms with van der Waals surface area (Å²) in [6, 6.07) is 2.18. The topological polar surface area (TPSA) is 84.6 Å². The highest BCUT2D eigenvalue weighted by Crippen LogP contribution is 2.23. The quantitative estimate of drug-likeness (QED) is 0.520. The molecule has 0 spiro atoms. The minimum atomic E-state index is -1.20. The average molecular weight is 228 g/mol. The lowest BCUT2D eigenvalue weighted by atomic mass is 10.1. The normalized spacial score (nSPS) is 10.1. The molecule has 0 bridgehead atoms. The van der Waals surface area contributed by atoms with Crippen molar-refractivity contribution < 1.29 is 19.0 Å². The van der Waals surface area contributed by atoms with E-state index in [4.69, 9.17) is 15.6 Å². The Kier molecular flexibility index (Phi) is 4.07. The van der Waals surface area contributed by atoms with Crippen LogP contribution in [0.1, 0.15) is 10.4 Å². The van der Waals surface area contributed by atoms with E-state index in [1.807, 2.05) is 0 Å². The summed E-state index contributed by atoms with van der Waals surface area (Å²) in [5, 5.41) is 11.5. The van der Waals surface area contributed by atoms with Gasteiger partial charge in [-0.1, -0.05) is 0 Å². The van der Waals surface area contributed by atoms with E-state index < -0.39 is 11.8 Å². The van der Waals surface area contributed by atoms with Crippen molar-refractivity contribution >= 4 is 17.3 Å². The number of hydrogen-bond donors (Lipinski definition) is 3. The molecule has 0 aliphatic heterocycles. The number of nitrogens with two attached hydrogens (primary N) is 1. The third-order valence-electron chi connectivity index (χ3n) is 2.00. The van der Waals surface area contributed by atoms with Crippen molar-refractivity contribution in [3.8, 4) is 0 Å². The molecule has 0 radical (unpaired) electrons. The Hall–Kier alpha value is -1.82. The van der Waals surface area contributed by atoms with E-state index in [0.717, 1.165) is 6.07 Å². The van der Waals surface area contributed by atoms with E-state index in [0.29, 0.717) is 13.2 Å². The first-order chi connectivity index (χ1) is 7.56. The van der Waals surface area contributed by atoms with Crippen molar-refractivity contribution in [3.05, 3.63) is 23.5 Å². The number of methoxy groups -OCH3 is 1. The minimum Gasteiger partial charge on any atom is -0.478 e. The number of nitrogens with one attached hydrogen (secondary N) is 1. The first-order valence-electron chi connectivity index (χ1n) is 4.61. The first-order valence-corrected chi connectivity index (χ1v) is 4.61. The van der Waals surface area contributed by atoms with Crippen molar-refractivity contribution in [2.75, 3.05) is 31.3 Å². The Labute approximate surface area is 92.0 Å². The van der Waals surface area contributed by atoms with E-state index in [9.17, 15) is 9.18 Å². The molecule has 0 aliphatic carbocycles. The van der Waals surface area contributed by atoms with Gasteiger partial charge in [-0.2, -0.15) is 0 Å². The monoisotopic (exact) mass is 228 g/mol. The van der Waals surface area contributed by atoms with Crippen LogP contribution in [-0.4, -0.2) is 31.3 Å². The maximum absolute atomic E-state index is 13.2. The smallest absolute Gasteiger partial charge is 0.335 e. The first kappa shape index (κ1) is 12.3. The van der Waals surface area contributed by atoms with Crippen LogP contribution in [0.4, 0.5) is 15.8 Å². The molecule has 0 heterocycles. The fraction of sp³-hybridized carbons (Fsp3) is 0.300. The number of carbonyl (C=O) groups is 1. The van der Waals surface area contributed by atoms with Gasteiger partial charge in [0.1, 0.15) is 5.82 Å². The van der Waals surface area contributed by atoms with E-state index in [2.05, 4.69) is 5.32 Å².